The Labute approximate surface area is 123 Å². The number of nitrogens with one attached hydrogen (secondary N) is 1. The molecule has 0 heterocycles. The molecule has 1 rings (SSSR count). The number of anilines is 1. The van der Waals surface area contributed by atoms with E-state index in [4.69, 9.17) is 5.14 Å². The highest BCUT2D eigenvalue weighted by atomic mass is 32.2. The van der Waals surface area contributed by atoms with Crippen LogP contribution in [-0.2, 0) is 29.6 Å². The van der Waals surface area contributed by atoms with Gasteiger partial charge in [-0.2, -0.15) is 0 Å². The first-order chi connectivity index (χ1) is 9.64. The maximum Gasteiger partial charge on any atom is 0.305 e. The van der Waals surface area contributed by atoms with Crippen molar-refractivity contribution in [1.82, 2.24) is 0 Å². The van der Waals surface area contributed by atoms with Crippen molar-refractivity contribution < 1.29 is 26.4 Å². The summed E-state index contributed by atoms with van der Waals surface area (Å²) in [6.07, 6.45) is 0.124. The quantitative estimate of drug-likeness (QED) is 0.675. The van der Waals surface area contributed by atoms with Crippen molar-refractivity contribution in [2.45, 2.75) is 17.7 Å². The molecule has 10 heteroatoms. The van der Waals surface area contributed by atoms with E-state index < -0.39 is 26.0 Å². The summed E-state index contributed by atoms with van der Waals surface area (Å²) >= 11 is 0. The number of esters is 1. The Hall–Kier alpha value is -1.65. The Balaban J connectivity index is 2.65. The first kappa shape index (κ1) is 17.4. The number of hydrogen-bond donors (Lipinski definition) is 2. The van der Waals surface area contributed by atoms with Crippen molar-refractivity contribution in [3.05, 3.63) is 24.3 Å². The van der Waals surface area contributed by atoms with Gasteiger partial charge in [0, 0.05) is 12.1 Å². The molecule has 0 fully saturated rings. The number of carbonyl (C=O) groups is 1. The predicted octanol–water partition coefficient (Wildman–Crippen LogP) is 0.0289. The number of ether oxygens (including phenoxy) is 1. The van der Waals surface area contributed by atoms with Crippen LogP contribution in [-0.4, -0.2) is 35.7 Å². The molecule has 0 bridgehead atoms. The number of rotatable bonds is 7. The lowest BCUT2D eigenvalue weighted by Crippen LogP contribution is -2.18. The van der Waals surface area contributed by atoms with Crippen LogP contribution >= 0.6 is 0 Å². The second kappa shape index (κ2) is 6.87. The van der Waals surface area contributed by atoms with E-state index in [0.29, 0.717) is 0 Å². The molecule has 0 aromatic heterocycles. The molecule has 0 atom stereocenters. The van der Waals surface area contributed by atoms with Gasteiger partial charge in [-0.25, -0.2) is 22.0 Å². The molecule has 8 nitrogen and oxygen atoms in total. The van der Waals surface area contributed by atoms with Crippen LogP contribution in [0.15, 0.2) is 29.2 Å². The van der Waals surface area contributed by atoms with E-state index >= 15 is 0 Å². The van der Waals surface area contributed by atoms with Crippen molar-refractivity contribution in [1.29, 1.82) is 0 Å². The van der Waals surface area contributed by atoms with Crippen molar-refractivity contribution in [3.8, 4) is 0 Å². The summed E-state index contributed by atoms with van der Waals surface area (Å²) in [5.74, 6) is -0.735. The normalized spacial score (nSPS) is 11.9. The molecule has 0 amide bonds. The average Bonchev–Trinajstić information content (AvgIpc) is 2.37. The Morgan fingerprint density at radius 2 is 1.76 bits per heavy atom. The van der Waals surface area contributed by atoms with Gasteiger partial charge in [-0.05, 0) is 30.7 Å². The fourth-order valence-electron chi connectivity index (χ4n) is 1.45. The molecule has 21 heavy (non-hydrogen) atoms. The number of primary sulfonamides is 1. The third kappa shape index (κ3) is 6.10. The highest BCUT2D eigenvalue weighted by Gasteiger charge is 2.13. The van der Waals surface area contributed by atoms with Crippen LogP contribution in [0, 0.1) is 0 Å². The first-order valence-electron chi connectivity index (χ1n) is 5.84. The van der Waals surface area contributed by atoms with Crippen LogP contribution < -0.4 is 9.86 Å². The average molecular weight is 336 g/mol. The number of sulfonamides is 2. The minimum Gasteiger partial charge on any atom is -0.469 e. The van der Waals surface area contributed by atoms with Gasteiger partial charge in [0.2, 0.25) is 20.0 Å². The molecule has 0 radical (unpaired) electrons. The van der Waals surface area contributed by atoms with Crippen LogP contribution in [0.2, 0.25) is 0 Å². The Kier molecular flexibility index (Phi) is 5.70. The van der Waals surface area contributed by atoms with Gasteiger partial charge in [0.05, 0.1) is 17.8 Å². The SMILES string of the molecule is COC(=O)CCCS(=O)(=O)Nc1ccc(S(N)(=O)=O)cc1. The van der Waals surface area contributed by atoms with Crippen LogP contribution in [0.4, 0.5) is 5.69 Å². The van der Waals surface area contributed by atoms with E-state index in [2.05, 4.69) is 9.46 Å². The van der Waals surface area contributed by atoms with Crippen molar-refractivity contribution in [2.75, 3.05) is 17.6 Å². The summed E-state index contributed by atoms with van der Waals surface area (Å²) in [5.41, 5.74) is 0.209. The van der Waals surface area contributed by atoms with E-state index in [1.54, 1.807) is 0 Å². The molecule has 0 aliphatic rings. The van der Waals surface area contributed by atoms with Crippen LogP contribution in [0.5, 0.6) is 0 Å². The monoisotopic (exact) mass is 336 g/mol. The van der Waals surface area contributed by atoms with Gasteiger partial charge in [0.25, 0.3) is 0 Å². The highest BCUT2D eigenvalue weighted by Crippen LogP contribution is 2.14. The summed E-state index contributed by atoms with van der Waals surface area (Å²) in [5, 5.41) is 4.93. The van der Waals surface area contributed by atoms with Crippen molar-refractivity contribution in [2.24, 2.45) is 5.14 Å². The minimum absolute atomic E-state index is 0.00175. The zero-order chi connectivity index (χ0) is 16.1. The smallest absolute Gasteiger partial charge is 0.305 e. The standard InChI is InChI=1S/C11H16N2O6S2/c1-19-11(14)3-2-8-20(15,16)13-9-4-6-10(7-5-9)21(12,17)18/h4-7,13H,2-3,8H2,1H3,(H2,12,17,18). The number of nitrogens with two attached hydrogens (primary N) is 1. The third-order valence-electron chi connectivity index (χ3n) is 2.48. The molecular formula is C11H16N2O6S2. The molecule has 0 unspecified atom stereocenters. The van der Waals surface area contributed by atoms with Gasteiger partial charge < -0.3 is 4.74 Å². The van der Waals surface area contributed by atoms with Gasteiger partial charge >= 0.3 is 5.97 Å². The minimum atomic E-state index is -3.82. The molecule has 1 aromatic carbocycles. The molecular weight excluding hydrogens is 320 g/mol. The maximum atomic E-state index is 11.7. The summed E-state index contributed by atoms with van der Waals surface area (Å²) in [6, 6.07) is 4.97. The van der Waals surface area contributed by atoms with E-state index in [-0.39, 0.29) is 29.2 Å². The molecule has 0 saturated carbocycles. The van der Waals surface area contributed by atoms with Crippen molar-refractivity contribution in [3.63, 3.8) is 0 Å². The number of methoxy groups -OCH3 is 1. The summed E-state index contributed by atoms with van der Waals surface area (Å²) < 4.78 is 52.3. The van der Waals surface area contributed by atoms with Crippen LogP contribution in [0.25, 0.3) is 0 Å². The topological polar surface area (TPSA) is 133 Å². The Morgan fingerprint density at radius 1 is 1.19 bits per heavy atom. The zero-order valence-electron chi connectivity index (χ0n) is 11.3. The molecule has 0 aliphatic heterocycles. The fourth-order valence-corrected chi connectivity index (χ4v) is 3.09. The van der Waals surface area contributed by atoms with Gasteiger partial charge in [0.15, 0.2) is 0 Å². The van der Waals surface area contributed by atoms with Crippen LogP contribution in [0.3, 0.4) is 0 Å². The molecule has 118 valence electrons. The largest absolute Gasteiger partial charge is 0.469 e. The molecule has 3 N–H and O–H groups in total. The van der Waals surface area contributed by atoms with Gasteiger partial charge in [-0.15, -0.1) is 0 Å². The molecule has 0 aliphatic carbocycles. The fraction of sp³-hybridized carbons (Fsp3) is 0.364. The second-order valence-corrected chi connectivity index (χ2v) is 7.57. The van der Waals surface area contributed by atoms with Crippen molar-refractivity contribution >= 4 is 31.7 Å². The van der Waals surface area contributed by atoms with Gasteiger partial charge in [-0.1, -0.05) is 0 Å². The van der Waals surface area contributed by atoms with E-state index in [1.807, 2.05) is 0 Å². The molecule has 1 aromatic rings. The Morgan fingerprint density at radius 3 is 2.24 bits per heavy atom. The molecule has 0 saturated heterocycles. The summed E-state index contributed by atoms with van der Waals surface area (Å²) in [4.78, 5) is 10.8. The maximum absolute atomic E-state index is 11.7. The van der Waals surface area contributed by atoms with E-state index in [1.165, 1.54) is 31.4 Å². The number of benzene rings is 1. The van der Waals surface area contributed by atoms with E-state index in [9.17, 15) is 21.6 Å². The lowest BCUT2D eigenvalue weighted by atomic mass is 10.3. The van der Waals surface area contributed by atoms with Gasteiger partial charge in [0.1, 0.15) is 0 Å². The lowest BCUT2D eigenvalue weighted by molar-refractivity contribution is -0.140. The summed E-state index contributed by atoms with van der Waals surface area (Å²) in [6.45, 7) is 0. The molecule has 0 spiro atoms. The Bertz CT molecular complexity index is 695. The zero-order valence-corrected chi connectivity index (χ0v) is 12.9. The first-order valence-corrected chi connectivity index (χ1v) is 9.04. The van der Waals surface area contributed by atoms with E-state index in [0.717, 1.165) is 0 Å². The predicted molar refractivity (Wildman–Crippen MR) is 76.5 cm³/mol. The third-order valence-corrected chi connectivity index (χ3v) is 4.78. The number of carbonyl (C=O) groups excluding carboxylic acids is 1. The lowest BCUT2D eigenvalue weighted by Gasteiger charge is -2.08. The second-order valence-electron chi connectivity index (χ2n) is 4.17. The number of hydrogen-bond acceptors (Lipinski definition) is 6. The van der Waals surface area contributed by atoms with Crippen LogP contribution in [0.1, 0.15) is 12.8 Å². The van der Waals surface area contributed by atoms with Gasteiger partial charge in [-0.3, -0.25) is 9.52 Å². The summed E-state index contributed by atoms with van der Waals surface area (Å²) in [7, 11) is -6.22. The highest BCUT2D eigenvalue weighted by molar-refractivity contribution is 7.92.